The van der Waals surface area contributed by atoms with Crippen molar-refractivity contribution in [2.24, 2.45) is 0 Å². The molecule has 0 bridgehead atoms. The Morgan fingerprint density at radius 2 is 0.900 bits per heavy atom. The molecule has 0 aromatic rings. The first-order valence-electron chi connectivity index (χ1n) is 25.9. The van der Waals surface area contributed by atoms with E-state index in [0.717, 1.165) is 70.6 Å². The first-order chi connectivity index (χ1) is 29.5. The molecule has 0 aromatic heterocycles. The molecule has 3 unspecified atom stereocenters. The van der Waals surface area contributed by atoms with Crippen molar-refractivity contribution in [3.8, 4) is 0 Å². The van der Waals surface area contributed by atoms with Gasteiger partial charge in [-0.3, -0.25) is 9.59 Å². The van der Waals surface area contributed by atoms with Crippen molar-refractivity contribution in [3.05, 3.63) is 48.6 Å². The molecule has 6 nitrogen and oxygen atoms in total. The minimum Gasteiger partial charge on any atom is -0.462 e. The average Bonchev–Trinajstić information content (AvgIpc) is 3.24. The number of ether oxygens (including phenoxy) is 1. The second-order valence-electron chi connectivity index (χ2n) is 17.6. The van der Waals surface area contributed by atoms with Crippen molar-refractivity contribution in [2.45, 2.75) is 277 Å². The number of rotatable bonds is 46. The van der Waals surface area contributed by atoms with Gasteiger partial charge in [-0.1, -0.05) is 249 Å². The lowest BCUT2D eigenvalue weighted by molar-refractivity contribution is -0.151. The summed E-state index contributed by atoms with van der Waals surface area (Å²) in [5.41, 5.74) is 0. The minimum atomic E-state index is -0.797. The van der Waals surface area contributed by atoms with Crippen molar-refractivity contribution < 1.29 is 24.5 Å². The van der Waals surface area contributed by atoms with Crippen molar-refractivity contribution in [2.75, 3.05) is 6.61 Å². The Balaban J connectivity index is 4.56. The summed E-state index contributed by atoms with van der Waals surface area (Å²) in [6.07, 6.45) is 57.4. The van der Waals surface area contributed by atoms with Gasteiger partial charge in [0.2, 0.25) is 5.91 Å². The van der Waals surface area contributed by atoms with E-state index in [0.29, 0.717) is 19.3 Å². The Morgan fingerprint density at radius 3 is 1.37 bits per heavy atom. The van der Waals surface area contributed by atoms with E-state index >= 15 is 0 Å². The zero-order chi connectivity index (χ0) is 43.8. The molecule has 0 saturated carbocycles. The van der Waals surface area contributed by atoms with Crippen LogP contribution in [0, 0.1) is 0 Å². The topological polar surface area (TPSA) is 95.9 Å². The van der Waals surface area contributed by atoms with E-state index < -0.39 is 18.2 Å². The molecule has 0 spiro atoms. The Kier molecular flexibility index (Phi) is 46.1. The summed E-state index contributed by atoms with van der Waals surface area (Å²) in [6.45, 7) is 6.34. The van der Waals surface area contributed by atoms with Gasteiger partial charge < -0.3 is 20.3 Å². The number of hydrogen-bond donors (Lipinski definition) is 3. The predicted molar refractivity (Wildman–Crippen MR) is 259 cm³/mol. The van der Waals surface area contributed by atoms with Crippen LogP contribution in [0.15, 0.2) is 48.6 Å². The molecule has 350 valence electrons. The third-order valence-electron chi connectivity index (χ3n) is 11.8. The van der Waals surface area contributed by atoms with E-state index in [1.54, 1.807) is 0 Å². The first-order valence-corrected chi connectivity index (χ1v) is 25.9. The number of aliphatic hydroxyl groups excluding tert-OH is 2. The van der Waals surface area contributed by atoms with Crippen molar-refractivity contribution in [1.29, 1.82) is 0 Å². The van der Waals surface area contributed by atoms with Crippen molar-refractivity contribution >= 4 is 11.9 Å². The Labute approximate surface area is 372 Å². The van der Waals surface area contributed by atoms with Gasteiger partial charge in [0.1, 0.15) is 6.10 Å². The van der Waals surface area contributed by atoms with E-state index in [9.17, 15) is 19.8 Å². The number of carbonyl (C=O) groups is 2. The fraction of sp³-hybridized carbons (Fsp3) is 0.815. The number of carbonyl (C=O) groups excluding carboxylic acids is 2. The van der Waals surface area contributed by atoms with Crippen LogP contribution in [0.2, 0.25) is 0 Å². The van der Waals surface area contributed by atoms with Gasteiger partial charge in [0.05, 0.1) is 25.2 Å². The fourth-order valence-electron chi connectivity index (χ4n) is 7.85. The number of unbranched alkanes of at least 4 members (excludes halogenated alkanes) is 29. The van der Waals surface area contributed by atoms with Crippen LogP contribution in [0.3, 0.4) is 0 Å². The molecule has 0 heterocycles. The lowest BCUT2D eigenvalue weighted by Gasteiger charge is -2.24. The highest BCUT2D eigenvalue weighted by Crippen LogP contribution is 2.18. The van der Waals surface area contributed by atoms with Gasteiger partial charge in [0, 0.05) is 6.42 Å². The van der Waals surface area contributed by atoms with Crippen LogP contribution in [0.1, 0.15) is 258 Å². The van der Waals surface area contributed by atoms with Crippen LogP contribution in [-0.2, 0) is 14.3 Å². The second kappa shape index (κ2) is 47.9. The van der Waals surface area contributed by atoms with Crippen LogP contribution >= 0.6 is 0 Å². The molecule has 0 aliphatic carbocycles. The molecule has 1 amide bonds. The summed E-state index contributed by atoms with van der Waals surface area (Å²) in [6, 6.07) is -0.713. The number of allylic oxidation sites excluding steroid dienone is 8. The first kappa shape index (κ1) is 57.8. The lowest BCUT2D eigenvalue weighted by atomic mass is 10.0. The second-order valence-corrected chi connectivity index (χ2v) is 17.6. The SMILES string of the molecule is CC/C=C/C=C/C=C/C=C\CCCCCC(CC(=O)NC(CO)C(O)CCCCCCCCCCCCCCCCCC)OC(=O)CCCCCCCCCCCCCC. The predicted octanol–water partition coefficient (Wildman–Crippen LogP) is 15.5. The summed E-state index contributed by atoms with van der Waals surface area (Å²) < 4.78 is 5.91. The number of amides is 1. The summed E-state index contributed by atoms with van der Waals surface area (Å²) in [7, 11) is 0. The highest BCUT2D eigenvalue weighted by atomic mass is 16.5. The maximum absolute atomic E-state index is 13.2. The molecule has 0 saturated heterocycles. The monoisotopic (exact) mass is 842 g/mol. The van der Waals surface area contributed by atoms with Gasteiger partial charge in [0.25, 0.3) is 0 Å². The maximum Gasteiger partial charge on any atom is 0.306 e. The van der Waals surface area contributed by atoms with Gasteiger partial charge in [-0.25, -0.2) is 0 Å². The number of aliphatic hydroxyl groups is 2. The van der Waals surface area contributed by atoms with E-state index in [4.69, 9.17) is 4.74 Å². The van der Waals surface area contributed by atoms with E-state index in [2.05, 4.69) is 50.4 Å². The summed E-state index contributed by atoms with van der Waals surface area (Å²) >= 11 is 0. The molecule has 0 aliphatic heterocycles. The Morgan fingerprint density at radius 1 is 0.500 bits per heavy atom. The lowest BCUT2D eigenvalue weighted by Crippen LogP contribution is -2.46. The fourth-order valence-corrected chi connectivity index (χ4v) is 7.85. The summed E-state index contributed by atoms with van der Waals surface area (Å²) in [4.78, 5) is 26.1. The van der Waals surface area contributed by atoms with Gasteiger partial charge in [0.15, 0.2) is 0 Å². The molecular formula is C54H99NO5. The Hall–Kier alpha value is -2.18. The standard InChI is InChI=1S/C54H99NO5/c1-4-7-10-13-16-19-22-25-26-27-29-31-34-37-40-43-46-52(57)51(49-56)55-53(58)48-50(45-42-39-36-33-30-28-23-20-17-14-11-8-5-2)60-54(59)47-44-41-38-35-32-24-21-18-15-12-9-6-3/h8,11,14,17,20,23,28,30,50-52,56-57H,4-7,9-10,12-13,15-16,18-19,21-22,24-27,29,31-49H2,1-3H3,(H,55,58)/b11-8+,17-14+,23-20+,30-28-. The number of hydrogen-bond acceptors (Lipinski definition) is 5. The van der Waals surface area contributed by atoms with Gasteiger partial charge in [-0.2, -0.15) is 0 Å². The van der Waals surface area contributed by atoms with E-state index in [1.807, 2.05) is 24.3 Å². The van der Waals surface area contributed by atoms with Gasteiger partial charge in [-0.05, 0) is 44.9 Å². The third kappa shape index (κ3) is 42.5. The van der Waals surface area contributed by atoms with Crippen molar-refractivity contribution in [3.63, 3.8) is 0 Å². The Bertz CT molecular complexity index is 1040. The molecule has 3 atom stereocenters. The van der Waals surface area contributed by atoms with Crippen LogP contribution < -0.4 is 5.32 Å². The summed E-state index contributed by atoms with van der Waals surface area (Å²) in [5, 5.41) is 23.8. The van der Waals surface area contributed by atoms with Crippen LogP contribution in [0.25, 0.3) is 0 Å². The van der Waals surface area contributed by atoms with Crippen LogP contribution in [0.5, 0.6) is 0 Å². The molecular weight excluding hydrogens is 743 g/mol. The quantitative estimate of drug-likeness (QED) is 0.0322. The maximum atomic E-state index is 13.2. The molecule has 3 N–H and O–H groups in total. The largest absolute Gasteiger partial charge is 0.462 e. The van der Waals surface area contributed by atoms with Gasteiger partial charge >= 0.3 is 5.97 Å². The number of nitrogens with one attached hydrogen (secondary N) is 1. The van der Waals surface area contributed by atoms with E-state index in [-0.39, 0.29) is 24.9 Å². The summed E-state index contributed by atoms with van der Waals surface area (Å²) in [5.74, 6) is -0.506. The highest BCUT2D eigenvalue weighted by molar-refractivity contribution is 5.77. The molecule has 60 heavy (non-hydrogen) atoms. The smallest absolute Gasteiger partial charge is 0.306 e. The van der Waals surface area contributed by atoms with Crippen LogP contribution in [-0.4, -0.2) is 46.9 Å². The average molecular weight is 842 g/mol. The molecule has 0 aromatic carbocycles. The van der Waals surface area contributed by atoms with Gasteiger partial charge in [-0.15, -0.1) is 0 Å². The minimum absolute atomic E-state index is 0.0537. The van der Waals surface area contributed by atoms with Crippen LogP contribution in [0.4, 0.5) is 0 Å². The third-order valence-corrected chi connectivity index (χ3v) is 11.8. The number of esters is 1. The zero-order valence-electron chi connectivity index (χ0n) is 39.8. The van der Waals surface area contributed by atoms with E-state index in [1.165, 1.54) is 141 Å². The molecule has 0 rings (SSSR count). The molecule has 0 radical (unpaired) electrons. The zero-order valence-corrected chi connectivity index (χ0v) is 39.8. The normalized spacial score (nSPS) is 13.6. The van der Waals surface area contributed by atoms with Crippen molar-refractivity contribution in [1.82, 2.24) is 5.32 Å². The molecule has 0 fully saturated rings. The highest BCUT2D eigenvalue weighted by Gasteiger charge is 2.24. The molecule has 6 heteroatoms. The molecule has 0 aliphatic rings.